The van der Waals surface area contributed by atoms with Gasteiger partial charge in [0.2, 0.25) is 0 Å². The lowest BCUT2D eigenvalue weighted by molar-refractivity contribution is -0.0383. The molecule has 0 bridgehead atoms. The van der Waals surface area contributed by atoms with Gasteiger partial charge in [-0.1, -0.05) is 26.3 Å². The molecular formula is C13H20O2S. The van der Waals surface area contributed by atoms with Crippen LogP contribution in [0, 0.1) is 5.41 Å². The molecule has 2 atom stereocenters. The van der Waals surface area contributed by atoms with E-state index in [2.05, 4.69) is 26.2 Å². The normalized spacial score (nSPS) is 34.0. The third-order valence-corrected chi connectivity index (χ3v) is 4.75. The van der Waals surface area contributed by atoms with Crippen LogP contribution in [0.5, 0.6) is 0 Å². The van der Waals surface area contributed by atoms with Crippen molar-refractivity contribution < 1.29 is 9.84 Å². The van der Waals surface area contributed by atoms with E-state index in [1.807, 2.05) is 11.8 Å². The van der Waals surface area contributed by atoms with Crippen molar-refractivity contribution in [3.05, 3.63) is 22.1 Å². The molecule has 0 saturated carbocycles. The molecular weight excluding hydrogens is 220 g/mol. The third-order valence-electron chi connectivity index (χ3n) is 3.60. The Morgan fingerprint density at radius 3 is 3.00 bits per heavy atom. The molecule has 16 heavy (non-hydrogen) atoms. The number of aliphatic hydroxyl groups is 1. The Morgan fingerprint density at radius 1 is 1.62 bits per heavy atom. The number of hydrogen-bond donors (Lipinski definition) is 1. The monoisotopic (exact) mass is 240 g/mol. The van der Waals surface area contributed by atoms with Gasteiger partial charge in [-0.25, -0.2) is 0 Å². The van der Waals surface area contributed by atoms with Crippen LogP contribution in [-0.4, -0.2) is 24.3 Å². The first kappa shape index (κ1) is 12.2. The maximum absolute atomic E-state index is 9.70. The quantitative estimate of drug-likeness (QED) is 0.822. The van der Waals surface area contributed by atoms with E-state index in [1.54, 1.807) is 0 Å². The summed E-state index contributed by atoms with van der Waals surface area (Å²) in [6.45, 7) is 5.13. The average molecular weight is 240 g/mol. The Morgan fingerprint density at radius 2 is 2.38 bits per heavy atom. The molecule has 0 amide bonds. The van der Waals surface area contributed by atoms with Gasteiger partial charge in [-0.3, -0.25) is 0 Å². The SMILES string of the molecule is CCCC1(C)CC=C2C(=C1SC)COC2O. The second-order valence-electron chi connectivity index (χ2n) is 4.85. The number of ether oxygens (including phenoxy) is 1. The minimum absolute atomic E-state index is 0.250. The van der Waals surface area contributed by atoms with E-state index in [0.29, 0.717) is 6.61 Å². The number of hydrogen-bond acceptors (Lipinski definition) is 3. The number of allylic oxidation sites excluding steroid dienone is 2. The van der Waals surface area contributed by atoms with Gasteiger partial charge in [0.05, 0.1) is 6.61 Å². The van der Waals surface area contributed by atoms with Gasteiger partial charge in [-0.05, 0) is 29.6 Å². The van der Waals surface area contributed by atoms with Gasteiger partial charge < -0.3 is 9.84 Å². The van der Waals surface area contributed by atoms with E-state index in [9.17, 15) is 5.11 Å². The van der Waals surface area contributed by atoms with Crippen molar-refractivity contribution in [3.8, 4) is 0 Å². The maximum atomic E-state index is 9.70. The Labute approximate surface area is 102 Å². The van der Waals surface area contributed by atoms with Crippen LogP contribution in [0.4, 0.5) is 0 Å². The van der Waals surface area contributed by atoms with Crippen LogP contribution >= 0.6 is 11.8 Å². The van der Waals surface area contributed by atoms with Crippen molar-refractivity contribution in [3.63, 3.8) is 0 Å². The summed E-state index contributed by atoms with van der Waals surface area (Å²) >= 11 is 1.82. The lowest BCUT2D eigenvalue weighted by Crippen LogP contribution is -2.23. The third kappa shape index (κ3) is 1.85. The number of rotatable bonds is 3. The minimum atomic E-state index is -0.691. The first-order chi connectivity index (χ1) is 7.62. The smallest absolute Gasteiger partial charge is 0.181 e. The van der Waals surface area contributed by atoms with Crippen LogP contribution in [0.3, 0.4) is 0 Å². The Kier molecular flexibility index (Phi) is 3.48. The van der Waals surface area contributed by atoms with Gasteiger partial charge in [0.25, 0.3) is 0 Å². The van der Waals surface area contributed by atoms with Crippen LogP contribution in [-0.2, 0) is 4.74 Å². The lowest BCUT2D eigenvalue weighted by Gasteiger charge is -2.35. The molecule has 1 N–H and O–H groups in total. The molecule has 0 radical (unpaired) electrons. The van der Waals surface area contributed by atoms with Gasteiger partial charge >= 0.3 is 0 Å². The summed E-state index contributed by atoms with van der Waals surface area (Å²) in [4.78, 5) is 1.42. The van der Waals surface area contributed by atoms with Crippen molar-refractivity contribution in [2.24, 2.45) is 5.41 Å². The Balaban J connectivity index is 2.38. The van der Waals surface area contributed by atoms with Crippen molar-refractivity contribution >= 4 is 11.8 Å². The zero-order valence-electron chi connectivity index (χ0n) is 10.2. The van der Waals surface area contributed by atoms with Crippen molar-refractivity contribution in [2.75, 3.05) is 12.9 Å². The first-order valence-corrected chi connectivity index (χ1v) is 7.12. The summed E-state index contributed by atoms with van der Waals surface area (Å²) in [5.41, 5.74) is 2.50. The predicted molar refractivity (Wildman–Crippen MR) is 68.2 cm³/mol. The fourth-order valence-electron chi connectivity index (χ4n) is 2.83. The van der Waals surface area contributed by atoms with Gasteiger partial charge in [0.15, 0.2) is 6.29 Å². The molecule has 2 nitrogen and oxygen atoms in total. The summed E-state index contributed by atoms with van der Waals surface area (Å²) in [5.74, 6) is 0. The highest BCUT2D eigenvalue weighted by Gasteiger charge is 2.38. The van der Waals surface area contributed by atoms with E-state index in [4.69, 9.17) is 4.74 Å². The van der Waals surface area contributed by atoms with E-state index in [1.165, 1.54) is 23.3 Å². The van der Waals surface area contributed by atoms with Gasteiger partial charge in [0, 0.05) is 11.0 Å². The van der Waals surface area contributed by atoms with Crippen LogP contribution in [0.2, 0.25) is 0 Å². The molecule has 0 aromatic rings. The zero-order chi connectivity index (χ0) is 11.8. The summed E-state index contributed by atoms with van der Waals surface area (Å²) in [6.07, 6.45) is 7.03. The van der Waals surface area contributed by atoms with Crippen molar-refractivity contribution in [2.45, 2.75) is 39.4 Å². The van der Waals surface area contributed by atoms with E-state index in [-0.39, 0.29) is 5.41 Å². The largest absolute Gasteiger partial charge is 0.364 e. The van der Waals surface area contributed by atoms with E-state index >= 15 is 0 Å². The minimum Gasteiger partial charge on any atom is -0.364 e. The molecule has 1 heterocycles. The molecule has 2 unspecified atom stereocenters. The van der Waals surface area contributed by atoms with Gasteiger partial charge in [-0.2, -0.15) is 0 Å². The fraction of sp³-hybridized carbons (Fsp3) is 0.692. The average Bonchev–Trinajstić information content (AvgIpc) is 2.60. The topological polar surface area (TPSA) is 29.5 Å². The predicted octanol–water partition coefficient (Wildman–Crippen LogP) is 3.09. The maximum Gasteiger partial charge on any atom is 0.181 e. The summed E-state index contributed by atoms with van der Waals surface area (Å²) in [5, 5.41) is 9.70. The molecule has 1 aliphatic heterocycles. The first-order valence-electron chi connectivity index (χ1n) is 5.90. The molecule has 0 aromatic heterocycles. The molecule has 2 rings (SSSR count). The molecule has 2 aliphatic rings. The molecule has 1 saturated heterocycles. The molecule has 90 valence electrons. The van der Waals surface area contributed by atoms with E-state index < -0.39 is 6.29 Å². The number of fused-ring (bicyclic) bond motifs is 1. The van der Waals surface area contributed by atoms with Crippen molar-refractivity contribution in [1.29, 1.82) is 0 Å². The second-order valence-corrected chi connectivity index (χ2v) is 5.67. The summed E-state index contributed by atoms with van der Waals surface area (Å²) in [6, 6.07) is 0. The standard InChI is InChI=1S/C13H20O2S/c1-4-6-13(2)7-5-9-10(11(13)16-3)8-15-12(9)14/h5,12,14H,4,6-8H2,1-3H3. The summed E-state index contributed by atoms with van der Waals surface area (Å²) < 4.78 is 5.32. The van der Waals surface area contributed by atoms with Crippen molar-refractivity contribution in [1.82, 2.24) is 0 Å². The van der Waals surface area contributed by atoms with Crippen LogP contribution in [0.1, 0.15) is 33.1 Å². The number of thioether (sulfide) groups is 1. The molecule has 0 aromatic carbocycles. The van der Waals surface area contributed by atoms with Crippen LogP contribution in [0.25, 0.3) is 0 Å². The Bertz CT molecular complexity index is 346. The highest BCUT2D eigenvalue weighted by molar-refractivity contribution is 8.02. The fourth-order valence-corrected chi connectivity index (χ4v) is 3.94. The Hall–Kier alpha value is -0.250. The number of aliphatic hydroxyl groups excluding tert-OH is 1. The van der Waals surface area contributed by atoms with Gasteiger partial charge in [0.1, 0.15) is 0 Å². The molecule has 1 fully saturated rings. The van der Waals surface area contributed by atoms with Gasteiger partial charge in [-0.15, -0.1) is 11.8 Å². The highest BCUT2D eigenvalue weighted by atomic mass is 32.2. The lowest BCUT2D eigenvalue weighted by atomic mass is 9.76. The molecule has 0 spiro atoms. The molecule has 3 heteroatoms. The van der Waals surface area contributed by atoms with E-state index in [0.717, 1.165) is 12.0 Å². The van der Waals surface area contributed by atoms with Crippen LogP contribution < -0.4 is 0 Å². The summed E-state index contributed by atoms with van der Waals surface area (Å²) in [7, 11) is 0. The second kappa shape index (κ2) is 4.55. The molecule has 1 aliphatic carbocycles. The zero-order valence-corrected chi connectivity index (χ0v) is 11.1. The highest BCUT2D eigenvalue weighted by Crippen LogP contribution is 2.50. The van der Waals surface area contributed by atoms with Crippen LogP contribution in [0.15, 0.2) is 22.1 Å².